The second-order valence-electron chi connectivity index (χ2n) is 7.52. The van der Waals surface area contributed by atoms with Crippen molar-refractivity contribution in [2.45, 2.75) is 26.4 Å². The predicted molar refractivity (Wildman–Crippen MR) is 110 cm³/mol. The van der Waals surface area contributed by atoms with E-state index < -0.39 is 5.60 Å². The van der Waals surface area contributed by atoms with Gasteiger partial charge in [0.2, 0.25) is 0 Å². The van der Waals surface area contributed by atoms with E-state index in [-0.39, 0.29) is 11.8 Å². The van der Waals surface area contributed by atoms with Crippen LogP contribution in [0, 0.1) is 6.92 Å². The van der Waals surface area contributed by atoms with E-state index in [2.05, 4.69) is 0 Å². The lowest BCUT2D eigenvalue weighted by molar-refractivity contribution is -0.147. The summed E-state index contributed by atoms with van der Waals surface area (Å²) in [6, 6.07) is 14.5. The highest BCUT2D eigenvalue weighted by Gasteiger charge is 2.36. The van der Waals surface area contributed by atoms with Gasteiger partial charge in [-0.1, -0.05) is 29.3 Å². The number of rotatable bonds is 4. The van der Waals surface area contributed by atoms with Gasteiger partial charge in [0.1, 0.15) is 5.75 Å². The topological polar surface area (TPSA) is 49.9 Å². The highest BCUT2D eigenvalue weighted by Crippen LogP contribution is 2.23. The number of ether oxygens (including phenoxy) is 1. The lowest BCUT2D eigenvalue weighted by atomic mass is 10.1. The zero-order chi connectivity index (χ0) is 20.3. The van der Waals surface area contributed by atoms with Crippen molar-refractivity contribution in [3.05, 3.63) is 64.7 Å². The van der Waals surface area contributed by atoms with Gasteiger partial charge in [0, 0.05) is 36.8 Å². The molecule has 0 radical (unpaired) electrons. The fourth-order valence-electron chi connectivity index (χ4n) is 3.21. The smallest absolute Gasteiger partial charge is 0.266 e. The summed E-state index contributed by atoms with van der Waals surface area (Å²) < 4.78 is 5.90. The van der Waals surface area contributed by atoms with Crippen molar-refractivity contribution in [1.82, 2.24) is 9.80 Å². The second kappa shape index (κ2) is 8.23. The van der Waals surface area contributed by atoms with Crippen LogP contribution in [0.1, 0.15) is 29.8 Å². The highest BCUT2D eigenvalue weighted by molar-refractivity contribution is 6.30. The summed E-state index contributed by atoms with van der Waals surface area (Å²) in [5.41, 5.74) is 0.795. The third kappa shape index (κ3) is 4.65. The molecule has 1 aliphatic heterocycles. The molecule has 2 amide bonds. The number of hydrogen-bond acceptors (Lipinski definition) is 3. The number of halogens is 1. The van der Waals surface area contributed by atoms with Crippen LogP contribution in [0.15, 0.2) is 48.5 Å². The van der Waals surface area contributed by atoms with Crippen molar-refractivity contribution < 1.29 is 14.3 Å². The molecule has 0 saturated carbocycles. The molecule has 0 bridgehead atoms. The first-order valence-corrected chi connectivity index (χ1v) is 9.74. The van der Waals surface area contributed by atoms with Crippen molar-refractivity contribution in [1.29, 1.82) is 0 Å². The molecule has 2 aromatic rings. The van der Waals surface area contributed by atoms with E-state index in [1.54, 1.807) is 47.9 Å². The number of benzene rings is 2. The van der Waals surface area contributed by atoms with Crippen molar-refractivity contribution in [3.63, 3.8) is 0 Å². The van der Waals surface area contributed by atoms with E-state index in [0.29, 0.717) is 42.5 Å². The minimum absolute atomic E-state index is 0.00349. The van der Waals surface area contributed by atoms with Crippen LogP contribution in [0.5, 0.6) is 5.75 Å². The Labute approximate surface area is 170 Å². The lowest BCUT2D eigenvalue weighted by Gasteiger charge is -2.38. The molecular weight excluding hydrogens is 376 g/mol. The third-order valence-electron chi connectivity index (χ3n) is 4.85. The number of carbonyl (C=O) groups excluding carboxylic acids is 2. The normalized spacial score (nSPS) is 14.7. The Kier molecular flexibility index (Phi) is 5.94. The fraction of sp³-hybridized carbons (Fsp3) is 0.364. The number of hydrogen-bond donors (Lipinski definition) is 0. The molecule has 148 valence electrons. The van der Waals surface area contributed by atoms with Crippen molar-refractivity contribution in [2.24, 2.45) is 0 Å². The number of amides is 2. The molecule has 0 spiro atoms. The SMILES string of the molecule is Cc1ccc(C(=O)N2CCN(C(=O)C(C)(C)Oc3ccc(Cl)cc3)CC2)cc1. The van der Waals surface area contributed by atoms with E-state index >= 15 is 0 Å². The van der Waals surface area contributed by atoms with Gasteiger partial charge in [0.05, 0.1) is 0 Å². The second-order valence-corrected chi connectivity index (χ2v) is 7.95. The van der Waals surface area contributed by atoms with E-state index in [0.717, 1.165) is 5.56 Å². The summed E-state index contributed by atoms with van der Waals surface area (Å²) in [5, 5.41) is 0.617. The van der Waals surface area contributed by atoms with E-state index in [1.807, 2.05) is 31.2 Å². The first-order chi connectivity index (χ1) is 13.3. The molecule has 0 aromatic heterocycles. The highest BCUT2D eigenvalue weighted by atomic mass is 35.5. The Bertz CT molecular complexity index is 839. The standard InChI is InChI=1S/C22H25ClN2O3/c1-16-4-6-17(7-5-16)20(26)24-12-14-25(15-13-24)21(27)22(2,3)28-19-10-8-18(23)9-11-19/h4-11H,12-15H2,1-3H3. The predicted octanol–water partition coefficient (Wildman–Crippen LogP) is 3.79. The maximum absolute atomic E-state index is 12.9. The number of aryl methyl sites for hydroxylation is 1. The van der Waals surface area contributed by atoms with E-state index in [9.17, 15) is 9.59 Å². The zero-order valence-corrected chi connectivity index (χ0v) is 17.2. The van der Waals surface area contributed by atoms with Gasteiger partial charge in [-0.15, -0.1) is 0 Å². The van der Waals surface area contributed by atoms with E-state index in [1.165, 1.54) is 0 Å². The van der Waals surface area contributed by atoms with Gasteiger partial charge in [-0.05, 0) is 57.2 Å². The molecule has 3 rings (SSSR count). The summed E-state index contributed by atoms with van der Waals surface area (Å²) in [5.74, 6) is 0.504. The van der Waals surface area contributed by atoms with Crippen LogP contribution in [0.2, 0.25) is 5.02 Å². The maximum Gasteiger partial charge on any atom is 0.266 e. The summed E-state index contributed by atoms with van der Waals surface area (Å²) in [7, 11) is 0. The minimum atomic E-state index is -1.00. The van der Waals surface area contributed by atoms with Crippen LogP contribution in [-0.2, 0) is 4.79 Å². The summed E-state index contributed by atoms with van der Waals surface area (Å²) in [6.07, 6.45) is 0. The molecule has 1 heterocycles. The molecule has 1 fully saturated rings. The molecule has 1 aliphatic rings. The summed E-state index contributed by atoms with van der Waals surface area (Å²) >= 11 is 5.90. The minimum Gasteiger partial charge on any atom is -0.478 e. The van der Waals surface area contributed by atoms with Gasteiger partial charge in [-0.2, -0.15) is 0 Å². The zero-order valence-electron chi connectivity index (χ0n) is 16.4. The Balaban J connectivity index is 1.58. The molecule has 6 heteroatoms. The number of carbonyl (C=O) groups is 2. The van der Waals surface area contributed by atoms with Crippen LogP contribution >= 0.6 is 11.6 Å². The van der Waals surface area contributed by atoms with Crippen LogP contribution in [0.4, 0.5) is 0 Å². The maximum atomic E-state index is 12.9. The van der Waals surface area contributed by atoms with Crippen molar-refractivity contribution >= 4 is 23.4 Å². The molecule has 0 N–H and O–H groups in total. The van der Waals surface area contributed by atoms with Crippen molar-refractivity contribution in [2.75, 3.05) is 26.2 Å². The van der Waals surface area contributed by atoms with Crippen LogP contribution in [0.3, 0.4) is 0 Å². The van der Waals surface area contributed by atoms with Gasteiger partial charge in [-0.25, -0.2) is 0 Å². The molecular formula is C22H25ClN2O3. The number of piperazine rings is 1. The number of nitrogens with zero attached hydrogens (tertiary/aromatic N) is 2. The van der Waals surface area contributed by atoms with Gasteiger partial charge in [0.15, 0.2) is 5.60 Å². The Hall–Kier alpha value is -2.53. The molecule has 0 aliphatic carbocycles. The van der Waals surface area contributed by atoms with Crippen molar-refractivity contribution in [3.8, 4) is 5.75 Å². The van der Waals surface area contributed by atoms with Crippen LogP contribution in [-0.4, -0.2) is 53.4 Å². The molecule has 1 saturated heterocycles. The molecule has 5 nitrogen and oxygen atoms in total. The Morgan fingerprint density at radius 2 is 1.43 bits per heavy atom. The van der Waals surface area contributed by atoms with Crippen LogP contribution < -0.4 is 4.74 Å². The Morgan fingerprint density at radius 1 is 0.893 bits per heavy atom. The summed E-state index contributed by atoms with van der Waals surface area (Å²) in [4.78, 5) is 29.1. The third-order valence-corrected chi connectivity index (χ3v) is 5.11. The van der Waals surface area contributed by atoms with Gasteiger partial charge >= 0.3 is 0 Å². The molecule has 0 atom stereocenters. The monoisotopic (exact) mass is 400 g/mol. The van der Waals surface area contributed by atoms with Gasteiger partial charge in [0.25, 0.3) is 11.8 Å². The quantitative estimate of drug-likeness (QED) is 0.784. The van der Waals surface area contributed by atoms with Gasteiger partial charge in [-0.3, -0.25) is 9.59 Å². The molecule has 28 heavy (non-hydrogen) atoms. The molecule has 0 unspecified atom stereocenters. The largest absolute Gasteiger partial charge is 0.478 e. The van der Waals surface area contributed by atoms with Crippen LogP contribution in [0.25, 0.3) is 0 Å². The first-order valence-electron chi connectivity index (χ1n) is 9.36. The summed E-state index contributed by atoms with van der Waals surface area (Å²) in [6.45, 7) is 7.51. The lowest BCUT2D eigenvalue weighted by Crippen LogP contribution is -2.56. The first kappa shape index (κ1) is 20.2. The average Bonchev–Trinajstić information content (AvgIpc) is 2.69. The average molecular weight is 401 g/mol. The van der Waals surface area contributed by atoms with Gasteiger partial charge < -0.3 is 14.5 Å². The van der Waals surface area contributed by atoms with E-state index in [4.69, 9.17) is 16.3 Å². The molecule has 2 aromatic carbocycles. The fourth-order valence-corrected chi connectivity index (χ4v) is 3.34. The Morgan fingerprint density at radius 3 is 2.00 bits per heavy atom.